The lowest BCUT2D eigenvalue weighted by atomic mass is 10.1. The van der Waals surface area contributed by atoms with E-state index in [-0.39, 0.29) is 5.41 Å². The van der Waals surface area contributed by atoms with Crippen LogP contribution in [0.4, 0.5) is 0 Å². The Morgan fingerprint density at radius 3 is 2.65 bits per heavy atom. The van der Waals surface area contributed by atoms with E-state index in [1.54, 1.807) is 0 Å². The maximum absolute atomic E-state index is 8.77. The average Bonchev–Trinajstić information content (AvgIpc) is 3.24. The molecule has 4 heteroatoms. The third-order valence-corrected chi connectivity index (χ3v) is 3.83. The van der Waals surface area contributed by atoms with Crippen molar-refractivity contribution >= 4 is 5.71 Å². The van der Waals surface area contributed by atoms with Crippen molar-refractivity contribution in [1.29, 1.82) is 5.26 Å². The van der Waals surface area contributed by atoms with Gasteiger partial charge in [0, 0.05) is 11.8 Å². The van der Waals surface area contributed by atoms with Gasteiger partial charge in [0.2, 0.25) is 0 Å². The average molecular weight is 272 g/mol. The lowest BCUT2D eigenvalue weighted by Gasteiger charge is -2.13. The number of rotatable bonds is 7. The summed E-state index contributed by atoms with van der Waals surface area (Å²) in [6.45, 7) is 2.44. The summed E-state index contributed by atoms with van der Waals surface area (Å²) >= 11 is 0. The third kappa shape index (κ3) is 3.99. The quantitative estimate of drug-likeness (QED) is 0.469. The molecule has 0 bridgehead atoms. The Morgan fingerprint density at radius 1 is 1.40 bits per heavy atom. The molecule has 20 heavy (non-hydrogen) atoms. The lowest BCUT2D eigenvalue weighted by molar-refractivity contribution is 0.237. The second kappa shape index (κ2) is 6.42. The van der Waals surface area contributed by atoms with E-state index in [2.05, 4.69) is 11.2 Å². The molecule has 0 saturated heterocycles. The molecule has 0 unspecified atom stereocenters. The van der Waals surface area contributed by atoms with Crippen LogP contribution in [-0.4, -0.2) is 17.5 Å². The van der Waals surface area contributed by atoms with Gasteiger partial charge in [0.1, 0.15) is 5.75 Å². The molecule has 1 aliphatic rings. The van der Waals surface area contributed by atoms with Crippen molar-refractivity contribution in [1.82, 2.24) is 0 Å². The minimum absolute atomic E-state index is 0.113. The number of hydrogen-bond acceptors (Lipinski definition) is 4. The number of benzene rings is 1. The predicted molar refractivity (Wildman–Crippen MR) is 77.1 cm³/mol. The largest absolute Gasteiger partial charge is 0.493 e. The fraction of sp³-hybridized carbons (Fsp3) is 0.500. The molecule has 0 spiro atoms. The Balaban J connectivity index is 1.81. The van der Waals surface area contributed by atoms with Crippen LogP contribution < -0.4 is 4.74 Å². The molecule has 1 aromatic carbocycles. The molecule has 0 atom stereocenters. The van der Waals surface area contributed by atoms with Crippen LogP contribution in [-0.2, 0) is 6.42 Å². The van der Waals surface area contributed by atoms with Gasteiger partial charge in [-0.2, -0.15) is 5.26 Å². The molecule has 106 valence electrons. The Kier molecular flexibility index (Phi) is 4.62. The summed E-state index contributed by atoms with van der Waals surface area (Å²) in [4.78, 5) is 0. The van der Waals surface area contributed by atoms with Gasteiger partial charge in [-0.3, -0.25) is 0 Å². The van der Waals surface area contributed by atoms with Crippen molar-refractivity contribution in [3.8, 4) is 11.8 Å². The van der Waals surface area contributed by atoms with Gasteiger partial charge < -0.3 is 9.94 Å². The molecule has 1 saturated carbocycles. The standard InChI is InChI=1S/C16H20N2O2/c1-13(18-19)2-3-14-4-6-15(7-5-14)20-12-16(8-9-16)10-11-17/h4-7,19H,2-3,8-10,12H2,1H3. The van der Waals surface area contributed by atoms with E-state index in [4.69, 9.17) is 15.2 Å². The van der Waals surface area contributed by atoms with Crippen LogP contribution in [0, 0.1) is 16.7 Å². The van der Waals surface area contributed by atoms with Gasteiger partial charge in [0.05, 0.1) is 18.4 Å². The summed E-state index contributed by atoms with van der Waals surface area (Å²) in [5.41, 5.74) is 2.04. The normalized spacial score (nSPS) is 16.5. The Bertz CT molecular complexity index is 510. The number of nitrogens with zero attached hydrogens (tertiary/aromatic N) is 2. The van der Waals surface area contributed by atoms with E-state index < -0.39 is 0 Å². The van der Waals surface area contributed by atoms with Gasteiger partial charge in [-0.25, -0.2) is 0 Å². The van der Waals surface area contributed by atoms with E-state index in [0.717, 1.165) is 37.1 Å². The highest BCUT2D eigenvalue weighted by Crippen LogP contribution is 2.48. The van der Waals surface area contributed by atoms with Crippen molar-refractivity contribution in [3.63, 3.8) is 0 Å². The molecule has 0 aromatic heterocycles. The Labute approximate surface area is 119 Å². The van der Waals surface area contributed by atoms with Gasteiger partial charge in [-0.15, -0.1) is 0 Å². The van der Waals surface area contributed by atoms with E-state index >= 15 is 0 Å². The topological polar surface area (TPSA) is 65.6 Å². The van der Waals surface area contributed by atoms with Crippen molar-refractivity contribution in [3.05, 3.63) is 29.8 Å². The molecule has 4 nitrogen and oxygen atoms in total. The third-order valence-electron chi connectivity index (χ3n) is 3.83. The summed E-state index contributed by atoms with van der Waals surface area (Å²) in [5.74, 6) is 0.852. The predicted octanol–water partition coefficient (Wildman–Crippen LogP) is 3.54. The number of nitriles is 1. The van der Waals surface area contributed by atoms with Crippen LogP contribution in [0.5, 0.6) is 5.75 Å². The molecule has 0 radical (unpaired) electrons. The number of ether oxygens (including phenoxy) is 1. The second-order valence-corrected chi connectivity index (χ2v) is 5.60. The van der Waals surface area contributed by atoms with Gasteiger partial charge in [0.15, 0.2) is 0 Å². The van der Waals surface area contributed by atoms with Crippen molar-refractivity contribution in [2.75, 3.05) is 6.61 Å². The highest BCUT2D eigenvalue weighted by atomic mass is 16.5. The first-order chi connectivity index (χ1) is 9.67. The summed E-state index contributed by atoms with van der Waals surface area (Å²) < 4.78 is 5.77. The first kappa shape index (κ1) is 14.4. The SMILES string of the molecule is CC(CCc1ccc(OCC2(CC#N)CC2)cc1)=NO. The molecular formula is C16H20N2O2. The van der Waals surface area contributed by atoms with E-state index in [1.165, 1.54) is 5.56 Å². The molecule has 2 rings (SSSR count). The van der Waals surface area contributed by atoms with Gasteiger partial charge in [-0.1, -0.05) is 17.3 Å². The zero-order valence-corrected chi connectivity index (χ0v) is 11.8. The first-order valence-corrected chi connectivity index (χ1v) is 6.94. The fourth-order valence-electron chi connectivity index (χ4n) is 2.08. The van der Waals surface area contributed by atoms with Crippen LogP contribution >= 0.6 is 0 Å². The van der Waals surface area contributed by atoms with Crippen molar-refractivity contribution < 1.29 is 9.94 Å². The number of hydrogen-bond donors (Lipinski definition) is 1. The summed E-state index contributed by atoms with van der Waals surface area (Å²) in [5, 5.41) is 20.5. The summed E-state index contributed by atoms with van der Waals surface area (Å²) in [6, 6.07) is 10.2. The Hall–Kier alpha value is -2.02. The maximum Gasteiger partial charge on any atom is 0.119 e. The molecule has 0 aliphatic heterocycles. The molecular weight excluding hydrogens is 252 g/mol. The monoisotopic (exact) mass is 272 g/mol. The molecule has 0 heterocycles. The highest BCUT2D eigenvalue weighted by molar-refractivity contribution is 5.81. The van der Waals surface area contributed by atoms with E-state index in [1.807, 2.05) is 31.2 Å². The summed E-state index contributed by atoms with van der Waals surface area (Å²) in [6.07, 6.45) is 4.39. The van der Waals surface area contributed by atoms with Crippen LogP contribution in [0.2, 0.25) is 0 Å². The van der Waals surface area contributed by atoms with Crippen LogP contribution in [0.25, 0.3) is 0 Å². The van der Waals surface area contributed by atoms with E-state index in [0.29, 0.717) is 13.0 Å². The van der Waals surface area contributed by atoms with Gasteiger partial charge >= 0.3 is 0 Å². The van der Waals surface area contributed by atoms with Crippen molar-refractivity contribution in [2.45, 2.75) is 39.0 Å². The van der Waals surface area contributed by atoms with Crippen LogP contribution in [0.15, 0.2) is 29.4 Å². The number of oxime groups is 1. The molecule has 0 amide bonds. The zero-order chi connectivity index (χ0) is 14.4. The molecule has 1 N–H and O–H groups in total. The molecule has 1 aromatic rings. The molecule has 1 aliphatic carbocycles. The lowest BCUT2D eigenvalue weighted by Crippen LogP contribution is -2.12. The smallest absolute Gasteiger partial charge is 0.119 e. The fourth-order valence-corrected chi connectivity index (χ4v) is 2.08. The second-order valence-electron chi connectivity index (χ2n) is 5.60. The van der Waals surface area contributed by atoms with Crippen LogP contribution in [0.1, 0.15) is 38.2 Å². The maximum atomic E-state index is 8.77. The van der Waals surface area contributed by atoms with Crippen LogP contribution in [0.3, 0.4) is 0 Å². The highest BCUT2D eigenvalue weighted by Gasteiger charge is 2.43. The van der Waals surface area contributed by atoms with Gasteiger partial charge in [0.25, 0.3) is 0 Å². The van der Waals surface area contributed by atoms with E-state index in [9.17, 15) is 0 Å². The van der Waals surface area contributed by atoms with Gasteiger partial charge in [-0.05, 0) is 50.3 Å². The van der Waals surface area contributed by atoms with Crippen molar-refractivity contribution in [2.24, 2.45) is 10.6 Å². The zero-order valence-electron chi connectivity index (χ0n) is 11.8. The minimum Gasteiger partial charge on any atom is -0.493 e. The number of aryl methyl sites for hydroxylation is 1. The minimum atomic E-state index is 0.113. The first-order valence-electron chi connectivity index (χ1n) is 6.94. The molecule has 1 fully saturated rings. The summed E-state index contributed by atoms with van der Waals surface area (Å²) in [7, 11) is 0. The Morgan fingerprint density at radius 2 is 2.10 bits per heavy atom.